The largest absolute Gasteiger partial charge is 0.504 e. The van der Waals surface area contributed by atoms with Crippen molar-refractivity contribution in [1.82, 2.24) is 4.90 Å². The zero-order chi connectivity index (χ0) is 20.1. The Bertz CT molecular complexity index is 840. The summed E-state index contributed by atoms with van der Waals surface area (Å²) in [6, 6.07) is 10.2. The van der Waals surface area contributed by atoms with Gasteiger partial charge in [-0.15, -0.1) is 0 Å². The van der Waals surface area contributed by atoms with Gasteiger partial charge in [-0.1, -0.05) is 17.7 Å². The third kappa shape index (κ3) is 4.79. The first-order chi connectivity index (χ1) is 13.5. The molecule has 0 bridgehead atoms. The lowest BCUT2D eigenvalue weighted by molar-refractivity contribution is 0.123. The maximum absolute atomic E-state index is 12.7. The molecule has 0 saturated carbocycles. The smallest absolute Gasteiger partial charge is 0.321 e. The van der Waals surface area contributed by atoms with Gasteiger partial charge in [0.1, 0.15) is 0 Å². The van der Waals surface area contributed by atoms with Crippen LogP contribution in [0.15, 0.2) is 36.4 Å². The Morgan fingerprint density at radius 3 is 2.75 bits per heavy atom. The van der Waals surface area contributed by atoms with Crippen LogP contribution in [0.4, 0.5) is 16.2 Å². The van der Waals surface area contributed by atoms with Gasteiger partial charge in [-0.05, 0) is 35.9 Å². The molecule has 150 valence electrons. The molecular weight excluding hydrogens is 382 g/mol. The third-order valence-corrected chi connectivity index (χ3v) is 4.80. The number of morpholine rings is 1. The molecule has 3 rings (SSSR count). The Balaban J connectivity index is 1.72. The molecule has 1 heterocycles. The highest BCUT2D eigenvalue weighted by atomic mass is 35.5. The summed E-state index contributed by atoms with van der Waals surface area (Å²) in [6.07, 6.45) is 0. The van der Waals surface area contributed by atoms with Crippen molar-refractivity contribution in [3.05, 3.63) is 47.0 Å². The number of anilines is 2. The highest BCUT2D eigenvalue weighted by Crippen LogP contribution is 2.30. The molecule has 0 aliphatic carbocycles. The fourth-order valence-electron chi connectivity index (χ4n) is 3.07. The van der Waals surface area contributed by atoms with Crippen molar-refractivity contribution in [3.8, 4) is 11.5 Å². The molecule has 2 N–H and O–H groups in total. The summed E-state index contributed by atoms with van der Waals surface area (Å²) >= 11 is 6.15. The number of benzene rings is 2. The number of carbonyl (C=O) groups is 1. The zero-order valence-corrected chi connectivity index (χ0v) is 16.7. The highest BCUT2D eigenvalue weighted by Gasteiger charge is 2.18. The lowest BCUT2D eigenvalue weighted by Gasteiger charge is -2.31. The molecule has 1 aliphatic heterocycles. The molecule has 0 radical (unpaired) electrons. The van der Waals surface area contributed by atoms with Crippen LogP contribution < -0.4 is 15.0 Å². The van der Waals surface area contributed by atoms with Crippen molar-refractivity contribution in [2.24, 2.45) is 0 Å². The predicted octanol–water partition coefficient (Wildman–Crippen LogP) is 3.55. The minimum atomic E-state index is -0.260. The second-order valence-electron chi connectivity index (χ2n) is 6.55. The van der Waals surface area contributed by atoms with Crippen LogP contribution >= 0.6 is 11.6 Å². The summed E-state index contributed by atoms with van der Waals surface area (Å²) in [7, 11) is 3.19. The Morgan fingerprint density at radius 1 is 1.29 bits per heavy atom. The van der Waals surface area contributed by atoms with Gasteiger partial charge in [-0.25, -0.2) is 4.79 Å². The fourth-order valence-corrected chi connectivity index (χ4v) is 3.24. The van der Waals surface area contributed by atoms with Crippen LogP contribution in [0, 0.1) is 0 Å². The van der Waals surface area contributed by atoms with Gasteiger partial charge < -0.3 is 29.7 Å². The van der Waals surface area contributed by atoms with Gasteiger partial charge in [0, 0.05) is 31.7 Å². The van der Waals surface area contributed by atoms with E-state index in [9.17, 15) is 9.90 Å². The molecule has 8 heteroatoms. The number of nitrogens with one attached hydrogen (secondary N) is 1. The predicted molar refractivity (Wildman–Crippen MR) is 110 cm³/mol. The Labute approximate surface area is 169 Å². The zero-order valence-electron chi connectivity index (χ0n) is 15.9. The number of hydrogen-bond donors (Lipinski definition) is 2. The standard InChI is InChI=1S/C20H24ClN3O4/c1-23(13-14-3-6-18(25)19(11-14)27-2)20(26)22-16-12-15(21)4-5-17(16)24-7-9-28-10-8-24/h3-6,11-12,25H,7-10,13H2,1-2H3,(H,22,26). The molecule has 0 aromatic heterocycles. The average Bonchev–Trinajstić information content (AvgIpc) is 2.70. The van der Waals surface area contributed by atoms with Crippen molar-refractivity contribution in [1.29, 1.82) is 0 Å². The summed E-state index contributed by atoms with van der Waals surface area (Å²) in [6.45, 7) is 3.18. The second-order valence-corrected chi connectivity index (χ2v) is 6.99. The van der Waals surface area contributed by atoms with Crippen LogP contribution in [0.1, 0.15) is 5.56 Å². The SMILES string of the molecule is COc1cc(CN(C)C(=O)Nc2cc(Cl)ccc2N2CCOCC2)ccc1O. The number of halogens is 1. The maximum atomic E-state index is 12.7. The van der Waals surface area contributed by atoms with Crippen LogP contribution in [0.25, 0.3) is 0 Å². The fraction of sp³-hybridized carbons (Fsp3) is 0.350. The summed E-state index contributed by atoms with van der Waals surface area (Å²) in [4.78, 5) is 16.5. The Hall–Kier alpha value is -2.64. The Kier molecular flexibility index (Phi) is 6.49. The van der Waals surface area contributed by atoms with Gasteiger partial charge in [0.05, 0.1) is 31.7 Å². The van der Waals surface area contributed by atoms with Gasteiger partial charge in [-0.3, -0.25) is 0 Å². The molecule has 2 aromatic rings. The van der Waals surface area contributed by atoms with E-state index in [0.29, 0.717) is 36.2 Å². The first-order valence-electron chi connectivity index (χ1n) is 8.98. The number of rotatable bonds is 5. The minimum Gasteiger partial charge on any atom is -0.504 e. The van der Waals surface area contributed by atoms with Crippen molar-refractivity contribution in [2.75, 3.05) is 50.7 Å². The van der Waals surface area contributed by atoms with Crippen LogP contribution in [0.3, 0.4) is 0 Å². The number of amides is 2. The van der Waals surface area contributed by atoms with Crippen molar-refractivity contribution < 1.29 is 19.4 Å². The lowest BCUT2D eigenvalue weighted by Crippen LogP contribution is -2.37. The van der Waals surface area contributed by atoms with Gasteiger partial charge in [0.2, 0.25) is 0 Å². The summed E-state index contributed by atoms with van der Waals surface area (Å²) < 4.78 is 10.5. The number of methoxy groups -OCH3 is 1. The molecule has 1 aliphatic rings. The molecule has 28 heavy (non-hydrogen) atoms. The average molecular weight is 406 g/mol. The number of phenolic OH excluding ortho intramolecular Hbond substituents is 1. The van der Waals surface area contributed by atoms with Crippen LogP contribution in [-0.2, 0) is 11.3 Å². The molecule has 1 fully saturated rings. The molecule has 1 saturated heterocycles. The summed E-state index contributed by atoms with van der Waals surface area (Å²) in [5, 5.41) is 13.2. The van der Waals surface area contributed by atoms with E-state index in [-0.39, 0.29) is 11.8 Å². The molecular formula is C20H24ClN3O4. The number of carbonyl (C=O) groups excluding carboxylic acids is 1. The number of hydrogen-bond acceptors (Lipinski definition) is 5. The molecule has 2 amide bonds. The van der Waals surface area contributed by atoms with E-state index in [1.165, 1.54) is 7.11 Å². The summed E-state index contributed by atoms with van der Waals surface area (Å²) in [5.74, 6) is 0.434. The van der Waals surface area contributed by atoms with E-state index >= 15 is 0 Å². The number of urea groups is 1. The quantitative estimate of drug-likeness (QED) is 0.795. The molecule has 0 unspecified atom stereocenters. The van der Waals surface area contributed by atoms with Crippen molar-refractivity contribution in [2.45, 2.75) is 6.54 Å². The van der Waals surface area contributed by atoms with Crippen LogP contribution in [0.2, 0.25) is 5.02 Å². The topological polar surface area (TPSA) is 74.3 Å². The van der Waals surface area contributed by atoms with E-state index in [1.54, 1.807) is 36.2 Å². The number of ether oxygens (including phenoxy) is 2. The second kappa shape index (κ2) is 9.03. The first kappa shape index (κ1) is 20.1. The molecule has 0 spiro atoms. The monoisotopic (exact) mass is 405 g/mol. The van der Waals surface area contributed by atoms with E-state index in [2.05, 4.69) is 10.2 Å². The van der Waals surface area contributed by atoms with E-state index < -0.39 is 0 Å². The first-order valence-corrected chi connectivity index (χ1v) is 9.36. The maximum Gasteiger partial charge on any atom is 0.321 e. The minimum absolute atomic E-state index is 0.0624. The lowest BCUT2D eigenvalue weighted by atomic mass is 10.2. The number of aromatic hydroxyl groups is 1. The highest BCUT2D eigenvalue weighted by molar-refractivity contribution is 6.31. The van der Waals surface area contributed by atoms with Crippen molar-refractivity contribution in [3.63, 3.8) is 0 Å². The van der Waals surface area contributed by atoms with E-state index in [4.69, 9.17) is 21.1 Å². The van der Waals surface area contributed by atoms with Crippen LogP contribution in [0.5, 0.6) is 11.5 Å². The Morgan fingerprint density at radius 2 is 2.04 bits per heavy atom. The van der Waals surface area contributed by atoms with Gasteiger partial charge in [-0.2, -0.15) is 0 Å². The summed E-state index contributed by atoms with van der Waals surface area (Å²) in [5.41, 5.74) is 2.42. The third-order valence-electron chi connectivity index (χ3n) is 4.56. The van der Waals surface area contributed by atoms with Gasteiger partial charge in [0.25, 0.3) is 0 Å². The van der Waals surface area contributed by atoms with Crippen LogP contribution in [-0.4, -0.2) is 56.5 Å². The van der Waals surface area contributed by atoms with Crippen molar-refractivity contribution >= 4 is 29.0 Å². The number of phenols is 1. The van der Waals surface area contributed by atoms with Gasteiger partial charge in [0.15, 0.2) is 11.5 Å². The van der Waals surface area contributed by atoms with Gasteiger partial charge >= 0.3 is 6.03 Å². The molecule has 2 aromatic carbocycles. The molecule has 0 atom stereocenters. The normalized spacial score (nSPS) is 13.9. The number of nitrogens with zero attached hydrogens (tertiary/aromatic N) is 2. The molecule has 7 nitrogen and oxygen atoms in total. The van der Waals surface area contributed by atoms with E-state index in [1.807, 2.05) is 12.1 Å². The van der Waals surface area contributed by atoms with E-state index in [0.717, 1.165) is 24.3 Å².